The maximum Gasteiger partial charge on any atom is 0.342 e. The van der Waals surface area contributed by atoms with Gasteiger partial charge < -0.3 is 30.4 Å². The maximum absolute atomic E-state index is 12.1. The molecule has 0 atom stereocenters. The van der Waals surface area contributed by atoms with Gasteiger partial charge in [0.1, 0.15) is 16.9 Å². The van der Waals surface area contributed by atoms with Gasteiger partial charge in [0.05, 0.1) is 13.7 Å². The summed E-state index contributed by atoms with van der Waals surface area (Å²) >= 11 is 0. The van der Waals surface area contributed by atoms with Crippen molar-refractivity contribution in [3.05, 3.63) is 39.7 Å². The van der Waals surface area contributed by atoms with Gasteiger partial charge in [-0.1, -0.05) is 12.1 Å². The van der Waals surface area contributed by atoms with E-state index in [1.54, 1.807) is 13.0 Å². The van der Waals surface area contributed by atoms with Crippen LogP contribution in [0.2, 0.25) is 0 Å². The predicted molar refractivity (Wildman–Crippen MR) is 88.6 cm³/mol. The molecule has 0 saturated heterocycles. The first-order valence-corrected chi connectivity index (χ1v) is 7.15. The first-order chi connectivity index (χ1) is 11.8. The van der Waals surface area contributed by atoms with Crippen LogP contribution in [0.25, 0.3) is 11.1 Å². The van der Waals surface area contributed by atoms with Crippen LogP contribution in [-0.4, -0.2) is 40.9 Å². The summed E-state index contributed by atoms with van der Waals surface area (Å²) in [6, 6.07) is 4.51. The summed E-state index contributed by atoms with van der Waals surface area (Å²) < 4.78 is 10.7. The lowest BCUT2D eigenvalue weighted by atomic mass is 9.94. The molecule has 1 heterocycles. The summed E-state index contributed by atoms with van der Waals surface area (Å²) in [7, 11) is 1.38. The number of benzene rings is 1. The summed E-state index contributed by atoms with van der Waals surface area (Å²) in [5, 5.41) is 18.9. The Balaban J connectivity index is 3.03. The van der Waals surface area contributed by atoms with E-state index in [-0.39, 0.29) is 29.2 Å². The topological polar surface area (TPSA) is 152 Å². The van der Waals surface area contributed by atoms with Crippen molar-refractivity contribution in [2.24, 2.45) is 0 Å². The summed E-state index contributed by atoms with van der Waals surface area (Å²) in [6.07, 6.45) is 0. The number of anilines is 1. The van der Waals surface area contributed by atoms with Crippen molar-refractivity contribution in [1.82, 2.24) is 4.98 Å². The Bertz CT molecular complexity index is 902. The molecule has 9 heteroatoms. The van der Waals surface area contributed by atoms with Crippen LogP contribution in [0.5, 0.6) is 11.5 Å². The number of carboxylic acid groups (broad SMARTS) is 2. The van der Waals surface area contributed by atoms with Crippen LogP contribution in [0.3, 0.4) is 0 Å². The molecule has 132 valence electrons. The Morgan fingerprint density at radius 2 is 1.84 bits per heavy atom. The minimum Gasteiger partial charge on any atom is -0.493 e. The number of aromatic amines is 1. The fourth-order valence-electron chi connectivity index (χ4n) is 2.48. The molecule has 0 aliphatic carbocycles. The minimum atomic E-state index is -1.59. The van der Waals surface area contributed by atoms with E-state index in [1.165, 1.54) is 19.2 Å². The average molecular weight is 348 g/mol. The van der Waals surface area contributed by atoms with Gasteiger partial charge in [0.2, 0.25) is 0 Å². The molecule has 0 unspecified atom stereocenters. The third-order valence-electron chi connectivity index (χ3n) is 3.43. The Kier molecular flexibility index (Phi) is 4.97. The zero-order valence-electron chi connectivity index (χ0n) is 13.5. The van der Waals surface area contributed by atoms with Gasteiger partial charge in [-0.15, -0.1) is 0 Å². The van der Waals surface area contributed by atoms with Crippen LogP contribution in [0.15, 0.2) is 23.0 Å². The number of nitrogens with one attached hydrogen (secondary N) is 1. The maximum atomic E-state index is 12.1. The number of aromatic carboxylic acids is 2. The lowest BCUT2D eigenvalue weighted by molar-refractivity contribution is 0.0695. The molecule has 0 radical (unpaired) electrons. The van der Waals surface area contributed by atoms with E-state index in [4.69, 9.17) is 15.2 Å². The van der Waals surface area contributed by atoms with Crippen molar-refractivity contribution in [1.29, 1.82) is 0 Å². The lowest BCUT2D eigenvalue weighted by Gasteiger charge is -2.17. The van der Waals surface area contributed by atoms with Gasteiger partial charge in [0.15, 0.2) is 11.5 Å². The highest BCUT2D eigenvalue weighted by Gasteiger charge is 2.29. The highest BCUT2D eigenvalue weighted by Crippen LogP contribution is 2.41. The average Bonchev–Trinajstić information content (AvgIpc) is 2.53. The fourth-order valence-corrected chi connectivity index (χ4v) is 2.48. The number of rotatable bonds is 6. The SMILES string of the molecule is CCOc1c(OC)cccc1-c1c(C(=O)O)c(N)[nH]c(=O)c1C(=O)O. The molecule has 5 N–H and O–H groups in total. The Morgan fingerprint density at radius 3 is 2.36 bits per heavy atom. The van der Waals surface area contributed by atoms with Gasteiger partial charge in [-0.25, -0.2) is 9.59 Å². The van der Waals surface area contributed by atoms with E-state index >= 15 is 0 Å². The summed E-state index contributed by atoms with van der Waals surface area (Å²) in [4.78, 5) is 37.4. The molecule has 0 spiro atoms. The van der Waals surface area contributed by atoms with Crippen molar-refractivity contribution >= 4 is 17.8 Å². The van der Waals surface area contributed by atoms with Gasteiger partial charge in [0.25, 0.3) is 5.56 Å². The number of nitrogen functional groups attached to an aromatic ring is 1. The van der Waals surface area contributed by atoms with Crippen LogP contribution in [0.4, 0.5) is 5.82 Å². The molecular weight excluding hydrogens is 332 g/mol. The van der Waals surface area contributed by atoms with Crippen molar-refractivity contribution in [2.75, 3.05) is 19.5 Å². The van der Waals surface area contributed by atoms with E-state index in [0.29, 0.717) is 0 Å². The van der Waals surface area contributed by atoms with Gasteiger partial charge in [-0.3, -0.25) is 4.79 Å². The highest BCUT2D eigenvalue weighted by molar-refractivity contribution is 6.08. The largest absolute Gasteiger partial charge is 0.493 e. The number of hydrogen-bond donors (Lipinski definition) is 4. The van der Waals surface area contributed by atoms with Gasteiger partial charge in [-0.2, -0.15) is 0 Å². The van der Waals surface area contributed by atoms with E-state index in [0.717, 1.165) is 0 Å². The lowest BCUT2D eigenvalue weighted by Crippen LogP contribution is -2.24. The molecule has 0 fully saturated rings. The molecule has 2 rings (SSSR count). The minimum absolute atomic E-state index is 0.0776. The third kappa shape index (κ3) is 3.11. The van der Waals surface area contributed by atoms with E-state index < -0.39 is 34.4 Å². The van der Waals surface area contributed by atoms with Gasteiger partial charge in [-0.05, 0) is 13.0 Å². The number of hydrogen-bond acceptors (Lipinski definition) is 6. The number of H-pyrrole nitrogens is 1. The molecule has 1 aromatic heterocycles. The van der Waals surface area contributed by atoms with Crippen molar-refractivity contribution in [3.63, 3.8) is 0 Å². The van der Waals surface area contributed by atoms with Gasteiger partial charge >= 0.3 is 11.9 Å². The van der Waals surface area contributed by atoms with Crippen LogP contribution < -0.4 is 20.8 Å². The van der Waals surface area contributed by atoms with Crippen LogP contribution in [0.1, 0.15) is 27.6 Å². The molecule has 0 bridgehead atoms. The second-order valence-electron chi connectivity index (χ2n) is 4.87. The van der Waals surface area contributed by atoms with E-state index in [2.05, 4.69) is 0 Å². The van der Waals surface area contributed by atoms with Crippen LogP contribution in [-0.2, 0) is 0 Å². The van der Waals surface area contributed by atoms with E-state index in [9.17, 15) is 24.6 Å². The van der Waals surface area contributed by atoms with Crippen LogP contribution >= 0.6 is 0 Å². The zero-order chi connectivity index (χ0) is 18.7. The highest BCUT2D eigenvalue weighted by atomic mass is 16.5. The first kappa shape index (κ1) is 17.9. The van der Waals surface area contributed by atoms with Crippen LogP contribution in [0, 0.1) is 0 Å². The van der Waals surface area contributed by atoms with E-state index in [1.807, 2.05) is 4.98 Å². The molecule has 2 aromatic rings. The smallest absolute Gasteiger partial charge is 0.342 e. The molecule has 9 nitrogen and oxygen atoms in total. The number of para-hydroxylation sites is 1. The predicted octanol–water partition coefficient (Wildman–Crippen LogP) is 1.43. The normalized spacial score (nSPS) is 10.3. The van der Waals surface area contributed by atoms with Gasteiger partial charge in [0, 0.05) is 11.1 Å². The Hall–Kier alpha value is -3.49. The first-order valence-electron chi connectivity index (χ1n) is 7.15. The molecule has 0 aliphatic heterocycles. The number of nitrogens with two attached hydrogens (primary N) is 1. The molecule has 1 aromatic carbocycles. The Labute approximate surface area is 141 Å². The zero-order valence-corrected chi connectivity index (χ0v) is 13.5. The second kappa shape index (κ2) is 6.95. The number of aromatic nitrogens is 1. The van der Waals surface area contributed by atoms with Crippen molar-refractivity contribution in [2.45, 2.75) is 6.92 Å². The molecule has 25 heavy (non-hydrogen) atoms. The number of ether oxygens (including phenoxy) is 2. The Morgan fingerprint density at radius 1 is 1.20 bits per heavy atom. The number of carbonyl (C=O) groups is 2. The van der Waals surface area contributed by atoms with Crippen molar-refractivity contribution in [3.8, 4) is 22.6 Å². The number of carboxylic acids is 2. The standard InChI is InChI=1S/C16H16N2O7/c1-3-25-12-7(5-4-6-8(12)24-2)9-10(15(20)21)13(17)18-14(19)11(9)16(22)23/h4-6H,3H2,1-2H3,(H,20,21)(H,22,23)(H3,17,18,19). The van der Waals surface area contributed by atoms with Crippen molar-refractivity contribution < 1.29 is 29.3 Å². The summed E-state index contributed by atoms with van der Waals surface area (Å²) in [6.45, 7) is 1.90. The molecular formula is C16H16N2O7. The third-order valence-corrected chi connectivity index (χ3v) is 3.43. The molecule has 0 aliphatic rings. The summed E-state index contributed by atoms with van der Waals surface area (Å²) in [5.74, 6) is -3.17. The monoisotopic (exact) mass is 348 g/mol. The fraction of sp³-hybridized carbons (Fsp3) is 0.188. The quantitative estimate of drug-likeness (QED) is 0.611. The molecule has 0 saturated carbocycles. The molecule has 0 amide bonds. The number of pyridine rings is 1. The summed E-state index contributed by atoms with van der Waals surface area (Å²) in [5.41, 5.74) is 3.05. The second-order valence-corrected chi connectivity index (χ2v) is 4.87. The number of methoxy groups -OCH3 is 1.